The number of nitro benzene ring substituents is 1. The van der Waals surface area contributed by atoms with Crippen molar-refractivity contribution in [3.8, 4) is 0 Å². The molecule has 10 heteroatoms. The molecule has 0 saturated carbocycles. The minimum atomic E-state index is -0.611. The van der Waals surface area contributed by atoms with Gasteiger partial charge in [-0.2, -0.15) is 0 Å². The largest absolute Gasteiger partial charge is 0.465 e. The Labute approximate surface area is 163 Å². The van der Waals surface area contributed by atoms with Crippen LogP contribution in [-0.2, 0) is 16.1 Å². The van der Waals surface area contributed by atoms with Gasteiger partial charge in [-0.1, -0.05) is 6.07 Å². The molecule has 0 spiro atoms. The molecule has 0 aliphatic rings. The Morgan fingerprint density at radius 2 is 2.00 bits per heavy atom. The van der Waals surface area contributed by atoms with Crippen molar-refractivity contribution in [1.82, 2.24) is 9.55 Å². The molecular weight excluding hydrogens is 380 g/mol. The molecule has 0 radical (unpaired) electrons. The molecule has 3 aromatic rings. The molecule has 1 amide bonds. The fraction of sp³-hybridized carbons (Fsp3) is 0.158. The van der Waals surface area contributed by atoms with Gasteiger partial charge in [0.25, 0.3) is 11.2 Å². The predicted octanol–water partition coefficient (Wildman–Crippen LogP) is 2.04. The van der Waals surface area contributed by atoms with Crippen LogP contribution in [-0.4, -0.2) is 33.5 Å². The lowest BCUT2D eigenvalue weighted by molar-refractivity contribution is -0.384. The van der Waals surface area contributed by atoms with Crippen LogP contribution in [0.5, 0.6) is 0 Å². The van der Waals surface area contributed by atoms with Gasteiger partial charge in [0.1, 0.15) is 6.54 Å². The lowest BCUT2D eigenvalue weighted by Crippen LogP contribution is -2.28. The number of ether oxygens (including phenoxy) is 1. The maximum absolute atomic E-state index is 12.6. The first-order valence-electron chi connectivity index (χ1n) is 8.42. The number of aromatic nitrogens is 2. The second-order valence-electron chi connectivity index (χ2n) is 6.21. The van der Waals surface area contributed by atoms with Crippen molar-refractivity contribution >= 4 is 34.2 Å². The van der Waals surface area contributed by atoms with E-state index in [-0.39, 0.29) is 23.2 Å². The summed E-state index contributed by atoms with van der Waals surface area (Å²) in [5, 5.41) is 13.6. The average molecular weight is 396 g/mol. The molecular formula is C19H16N4O6. The number of anilines is 1. The van der Waals surface area contributed by atoms with Crippen molar-refractivity contribution in [2.45, 2.75) is 13.5 Å². The van der Waals surface area contributed by atoms with Crippen molar-refractivity contribution in [3.63, 3.8) is 0 Å². The van der Waals surface area contributed by atoms with E-state index in [4.69, 9.17) is 0 Å². The van der Waals surface area contributed by atoms with Crippen LogP contribution in [0, 0.1) is 17.0 Å². The van der Waals surface area contributed by atoms with E-state index in [1.165, 1.54) is 31.6 Å². The first kappa shape index (κ1) is 19.7. The van der Waals surface area contributed by atoms with Crippen molar-refractivity contribution in [2.24, 2.45) is 0 Å². The summed E-state index contributed by atoms with van der Waals surface area (Å²) in [5.41, 5.74) is 0.854. The molecule has 0 aliphatic heterocycles. The predicted molar refractivity (Wildman–Crippen MR) is 104 cm³/mol. The number of amides is 1. The second kappa shape index (κ2) is 7.89. The number of nitrogens with one attached hydrogen (secondary N) is 1. The third-order valence-corrected chi connectivity index (χ3v) is 4.27. The van der Waals surface area contributed by atoms with Crippen LogP contribution in [0.2, 0.25) is 0 Å². The number of aryl methyl sites for hydroxylation is 1. The Kier molecular flexibility index (Phi) is 5.35. The highest BCUT2D eigenvalue weighted by Crippen LogP contribution is 2.18. The number of hydrogen-bond donors (Lipinski definition) is 1. The number of benzene rings is 2. The van der Waals surface area contributed by atoms with Gasteiger partial charge in [0.15, 0.2) is 0 Å². The number of fused-ring (bicyclic) bond motifs is 1. The Bertz CT molecular complexity index is 1200. The molecule has 0 bridgehead atoms. The zero-order chi connectivity index (χ0) is 21.1. The Morgan fingerprint density at radius 1 is 1.24 bits per heavy atom. The maximum Gasteiger partial charge on any atom is 0.337 e. The molecule has 1 aromatic heterocycles. The Balaban J connectivity index is 1.87. The maximum atomic E-state index is 12.6. The number of carbonyl (C=O) groups excluding carboxylic acids is 2. The smallest absolute Gasteiger partial charge is 0.337 e. The van der Waals surface area contributed by atoms with Crippen molar-refractivity contribution in [2.75, 3.05) is 12.4 Å². The summed E-state index contributed by atoms with van der Waals surface area (Å²) in [6.07, 6.45) is 1.20. The number of nitro groups is 1. The van der Waals surface area contributed by atoms with Crippen LogP contribution in [0.15, 0.2) is 47.5 Å². The number of nitrogens with zero attached hydrogens (tertiary/aromatic N) is 3. The van der Waals surface area contributed by atoms with Crippen LogP contribution in [0.25, 0.3) is 10.9 Å². The summed E-state index contributed by atoms with van der Waals surface area (Å²) >= 11 is 0. The highest BCUT2D eigenvalue weighted by Gasteiger charge is 2.14. The monoisotopic (exact) mass is 396 g/mol. The second-order valence-corrected chi connectivity index (χ2v) is 6.21. The van der Waals surface area contributed by atoms with E-state index in [0.29, 0.717) is 16.8 Å². The van der Waals surface area contributed by atoms with Crippen molar-refractivity contribution < 1.29 is 19.2 Å². The van der Waals surface area contributed by atoms with Crippen LogP contribution < -0.4 is 10.9 Å². The van der Waals surface area contributed by atoms with Crippen LogP contribution in [0.4, 0.5) is 11.4 Å². The quantitative estimate of drug-likeness (QED) is 0.396. The number of non-ortho nitro benzene ring substituents is 1. The summed E-state index contributed by atoms with van der Waals surface area (Å²) in [5.74, 6) is -1.07. The number of esters is 1. The van der Waals surface area contributed by atoms with Crippen molar-refractivity contribution in [3.05, 3.63) is 74.3 Å². The van der Waals surface area contributed by atoms with Gasteiger partial charge >= 0.3 is 5.97 Å². The molecule has 0 aliphatic carbocycles. The molecule has 2 aromatic carbocycles. The first-order valence-corrected chi connectivity index (χ1v) is 8.42. The number of methoxy groups -OCH3 is 1. The van der Waals surface area contributed by atoms with E-state index in [9.17, 15) is 24.5 Å². The van der Waals surface area contributed by atoms with E-state index in [1.54, 1.807) is 19.1 Å². The van der Waals surface area contributed by atoms with Gasteiger partial charge in [-0.15, -0.1) is 0 Å². The highest BCUT2D eigenvalue weighted by molar-refractivity contribution is 5.95. The SMILES string of the molecule is COC(=O)c1ccc(C)c(NC(=O)Cn2cnc3ccc([N+](=O)[O-])cc3c2=O)c1. The molecule has 148 valence electrons. The van der Waals surface area contributed by atoms with E-state index in [0.717, 1.165) is 10.6 Å². The Morgan fingerprint density at radius 3 is 2.69 bits per heavy atom. The molecule has 1 N–H and O–H groups in total. The van der Waals surface area contributed by atoms with Gasteiger partial charge in [0.05, 0.1) is 34.8 Å². The first-order chi connectivity index (χ1) is 13.8. The molecule has 10 nitrogen and oxygen atoms in total. The molecule has 0 atom stereocenters. The molecule has 0 saturated heterocycles. The summed E-state index contributed by atoms with van der Waals surface area (Å²) in [4.78, 5) is 51.1. The number of rotatable bonds is 5. The third-order valence-electron chi connectivity index (χ3n) is 4.27. The summed E-state index contributed by atoms with van der Waals surface area (Å²) in [7, 11) is 1.25. The molecule has 0 fully saturated rings. The molecule has 29 heavy (non-hydrogen) atoms. The zero-order valence-corrected chi connectivity index (χ0v) is 15.5. The fourth-order valence-electron chi connectivity index (χ4n) is 2.72. The average Bonchev–Trinajstić information content (AvgIpc) is 2.70. The van der Waals surface area contributed by atoms with Crippen LogP contribution >= 0.6 is 0 Å². The normalized spacial score (nSPS) is 10.6. The summed E-state index contributed by atoms with van der Waals surface area (Å²) in [6, 6.07) is 8.46. The van der Waals surface area contributed by atoms with Crippen molar-refractivity contribution in [1.29, 1.82) is 0 Å². The standard InChI is InChI=1S/C19H16N4O6/c1-11-3-4-12(19(26)29-2)7-16(11)21-17(24)9-22-10-20-15-6-5-13(23(27)28)8-14(15)18(22)25/h3-8,10H,9H2,1-2H3,(H,21,24). The fourth-order valence-corrected chi connectivity index (χ4v) is 2.72. The van der Waals surface area contributed by atoms with E-state index in [1.807, 2.05) is 0 Å². The zero-order valence-electron chi connectivity index (χ0n) is 15.5. The minimum Gasteiger partial charge on any atom is -0.465 e. The topological polar surface area (TPSA) is 133 Å². The third kappa shape index (κ3) is 4.10. The van der Waals surface area contributed by atoms with E-state index in [2.05, 4.69) is 15.0 Å². The van der Waals surface area contributed by atoms with Gasteiger partial charge < -0.3 is 10.1 Å². The lowest BCUT2D eigenvalue weighted by atomic mass is 10.1. The van der Waals surface area contributed by atoms with Gasteiger partial charge in [-0.25, -0.2) is 9.78 Å². The van der Waals surface area contributed by atoms with Gasteiger partial charge in [-0.05, 0) is 30.7 Å². The van der Waals surface area contributed by atoms with Gasteiger partial charge in [0.2, 0.25) is 5.91 Å². The molecule has 3 rings (SSSR count). The van der Waals surface area contributed by atoms with Crippen LogP contribution in [0.1, 0.15) is 15.9 Å². The highest BCUT2D eigenvalue weighted by atomic mass is 16.6. The van der Waals surface area contributed by atoms with Gasteiger partial charge in [-0.3, -0.25) is 24.3 Å². The van der Waals surface area contributed by atoms with E-state index < -0.39 is 22.4 Å². The summed E-state index contributed by atoms with van der Waals surface area (Å²) < 4.78 is 5.72. The van der Waals surface area contributed by atoms with E-state index >= 15 is 0 Å². The Hall–Kier alpha value is -4.08. The number of carbonyl (C=O) groups is 2. The molecule has 1 heterocycles. The summed E-state index contributed by atoms with van der Waals surface area (Å²) in [6.45, 7) is 1.39. The molecule has 0 unspecified atom stereocenters. The number of hydrogen-bond acceptors (Lipinski definition) is 7. The van der Waals surface area contributed by atoms with Gasteiger partial charge in [0, 0.05) is 17.8 Å². The van der Waals surface area contributed by atoms with Crippen LogP contribution in [0.3, 0.4) is 0 Å². The lowest BCUT2D eigenvalue weighted by Gasteiger charge is -2.11. The minimum absolute atomic E-state index is 0.0402.